The summed E-state index contributed by atoms with van der Waals surface area (Å²) in [6, 6.07) is 27.4. The molecule has 8 nitrogen and oxygen atoms in total. The first-order valence-electron chi connectivity index (χ1n) is 10.7. The molecule has 2 N–H and O–H groups in total. The van der Waals surface area contributed by atoms with Crippen LogP contribution in [0.5, 0.6) is 0 Å². The third-order valence-corrected chi connectivity index (χ3v) is 6.02. The lowest BCUT2D eigenvalue weighted by Gasteiger charge is -2.10. The summed E-state index contributed by atoms with van der Waals surface area (Å²) in [4.78, 5) is 20.2. The number of thioether (sulfide) groups is 1. The first kappa shape index (κ1) is 21.6. The number of amides is 1. The van der Waals surface area contributed by atoms with Crippen LogP contribution in [0, 0.1) is 0 Å². The van der Waals surface area contributed by atoms with Gasteiger partial charge in [0.25, 0.3) is 5.91 Å². The maximum atomic E-state index is 12.5. The van der Waals surface area contributed by atoms with Gasteiger partial charge in [-0.3, -0.25) is 9.36 Å². The molecule has 0 aliphatic heterocycles. The average molecular weight is 468 g/mol. The first-order chi connectivity index (χ1) is 16.7. The monoisotopic (exact) mass is 467 g/mol. The van der Waals surface area contributed by atoms with E-state index in [0.717, 1.165) is 22.3 Å². The van der Waals surface area contributed by atoms with Gasteiger partial charge < -0.3 is 4.98 Å². The minimum Gasteiger partial charge on any atom is -0.337 e. The Morgan fingerprint density at radius 2 is 1.68 bits per heavy atom. The number of nitrogens with zero attached hydrogens (tertiary/aromatic N) is 5. The van der Waals surface area contributed by atoms with Gasteiger partial charge in [-0.05, 0) is 31.2 Å². The number of fused-ring (bicyclic) bond motifs is 1. The minimum absolute atomic E-state index is 0.136. The summed E-state index contributed by atoms with van der Waals surface area (Å²) < 4.78 is 1.95. The number of aromatic nitrogens is 5. The van der Waals surface area contributed by atoms with Gasteiger partial charge in [-0.25, -0.2) is 10.4 Å². The summed E-state index contributed by atoms with van der Waals surface area (Å²) in [5, 5.41) is 13.6. The predicted octanol–water partition coefficient (Wildman–Crippen LogP) is 4.44. The van der Waals surface area contributed by atoms with Crippen LogP contribution in [0.2, 0.25) is 0 Å². The highest BCUT2D eigenvalue weighted by atomic mass is 32.2. The summed E-state index contributed by atoms with van der Waals surface area (Å²) in [5.74, 6) is 1.22. The van der Waals surface area contributed by atoms with Gasteiger partial charge in [0.05, 0.1) is 16.8 Å². The maximum Gasteiger partial charge on any atom is 0.250 e. The van der Waals surface area contributed by atoms with Gasteiger partial charge in [0.2, 0.25) is 0 Å². The number of benzene rings is 3. The second-order valence-corrected chi connectivity index (χ2v) is 8.41. The number of rotatable bonds is 7. The lowest BCUT2D eigenvalue weighted by atomic mass is 10.2. The molecule has 2 heterocycles. The van der Waals surface area contributed by atoms with Crippen molar-refractivity contribution in [1.82, 2.24) is 30.2 Å². The highest BCUT2D eigenvalue weighted by Gasteiger charge is 2.17. The Balaban J connectivity index is 1.31. The molecule has 0 atom stereocenters. The number of para-hydroxylation sites is 3. The molecule has 0 radical (unpaired) electrons. The number of carbonyl (C=O) groups is 1. The van der Waals surface area contributed by atoms with Gasteiger partial charge in [0.15, 0.2) is 16.8 Å². The van der Waals surface area contributed by atoms with E-state index in [1.54, 1.807) is 6.92 Å². The second kappa shape index (κ2) is 9.72. The number of nitrogens with one attached hydrogen (secondary N) is 2. The molecule has 34 heavy (non-hydrogen) atoms. The number of hydrogen-bond acceptors (Lipinski definition) is 6. The van der Waals surface area contributed by atoms with Gasteiger partial charge in [-0.1, -0.05) is 72.4 Å². The second-order valence-electron chi connectivity index (χ2n) is 7.47. The fourth-order valence-electron chi connectivity index (χ4n) is 3.43. The van der Waals surface area contributed by atoms with Crippen molar-refractivity contribution in [1.29, 1.82) is 0 Å². The summed E-state index contributed by atoms with van der Waals surface area (Å²) >= 11 is 1.30. The van der Waals surface area contributed by atoms with Crippen LogP contribution in [0.1, 0.15) is 12.7 Å². The number of hydrazone groups is 1. The predicted molar refractivity (Wildman–Crippen MR) is 134 cm³/mol. The van der Waals surface area contributed by atoms with Crippen LogP contribution >= 0.6 is 11.8 Å². The summed E-state index contributed by atoms with van der Waals surface area (Å²) in [7, 11) is 0. The third kappa shape index (κ3) is 4.60. The van der Waals surface area contributed by atoms with Crippen molar-refractivity contribution < 1.29 is 4.79 Å². The Bertz CT molecular complexity index is 1430. The maximum absolute atomic E-state index is 12.5. The summed E-state index contributed by atoms with van der Waals surface area (Å²) in [5.41, 5.74) is 6.83. The lowest BCUT2D eigenvalue weighted by Crippen LogP contribution is -2.21. The SMILES string of the molecule is C/C(=N\NC(=O)CSc1nnc(-c2ccccc2)n1-c1ccccc1)c1nc2ccccc2[nH]1. The molecule has 0 bridgehead atoms. The molecule has 0 spiro atoms. The Hall–Kier alpha value is -4.24. The highest BCUT2D eigenvalue weighted by molar-refractivity contribution is 7.99. The fraction of sp³-hybridized carbons (Fsp3) is 0.0800. The van der Waals surface area contributed by atoms with E-state index in [9.17, 15) is 4.79 Å². The quantitative estimate of drug-likeness (QED) is 0.209. The Morgan fingerprint density at radius 1 is 0.971 bits per heavy atom. The molecule has 3 aromatic carbocycles. The molecular formula is C25H21N7OS. The van der Waals surface area contributed by atoms with Crippen LogP contribution in [-0.4, -0.2) is 42.1 Å². The number of hydrogen-bond donors (Lipinski definition) is 2. The number of imidazole rings is 1. The molecule has 0 saturated heterocycles. The molecule has 5 rings (SSSR count). The summed E-state index contributed by atoms with van der Waals surface area (Å²) in [6.07, 6.45) is 0. The van der Waals surface area contributed by atoms with E-state index in [4.69, 9.17) is 0 Å². The molecule has 168 valence electrons. The zero-order valence-corrected chi connectivity index (χ0v) is 19.2. The molecule has 0 fully saturated rings. The van der Waals surface area contributed by atoms with Crippen molar-refractivity contribution in [2.75, 3.05) is 5.75 Å². The summed E-state index contributed by atoms with van der Waals surface area (Å²) in [6.45, 7) is 1.79. The van der Waals surface area contributed by atoms with Crippen LogP contribution in [0.15, 0.2) is 95.2 Å². The van der Waals surface area contributed by atoms with Gasteiger partial charge in [-0.15, -0.1) is 10.2 Å². The van der Waals surface area contributed by atoms with Crippen LogP contribution in [0.3, 0.4) is 0 Å². The first-order valence-corrected chi connectivity index (χ1v) is 11.6. The van der Waals surface area contributed by atoms with E-state index in [1.807, 2.05) is 89.5 Å². The van der Waals surface area contributed by atoms with Crippen LogP contribution < -0.4 is 5.43 Å². The van der Waals surface area contributed by atoms with Crippen LogP contribution in [-0.2, 0) is 4.79 Å². The standard InChI is InChI=1S/C25H21N7OS/c1-17(23-26-20-14-8-9-15-21(20)27-23)28-29-22(33)16-34-25-31-30-24(18-10-4-2-5-11-18)32(25)19-12-6-3-7-13-19/h2-15H,16H2,1H3,(H,26,27)(H,29,33)/b28-17+. The van der Waals surface area contributed by atoms with E-state index >= 15 is 0 Å². The van der Waals surface area contributed by atoms with Crippen LogP contribution in [0.4, 0.5) is 0 Å². The number of carbonyl (C=O) groups excluding carboxylic acids is 1. The third-order valence-electron chi connectivity index (χ3n) is 5.09. The normalized spacial score (nSPS) is 11.6. The van der Waals surface area contributed by atoms with E-state index in [2.05, 4.69) is 30.7 Å². The van der Waals surface area contributed by atoms with Crippen molar-refractivity contribution in [2.45, 2.75) is 12.1 Å². The van der Waals surface area contributed by atoms with Gasteiger partial charge in [0.1, 0.15) is 5.71 Å². The molecule has 9 heteroatoms. The van der Waals surface area contributed by atoms with Crippen molar-refractivity contribution >= 4 is 34.4 Å². The van der Waals surface area contributed by atoms with Crippen molar-refractivity contribution in [3.63, 3.8) is 0 Å². The molecule has 0 aliphatic carbocycles. The number of aromatic amines is 1. The van der Waals surface area contributed by atoms with E-state index in [1.165, 1.54) is 11.8 Å². The minimum atomic E-state index is -0.246. The Labute approximate surface area is 200 Å². The van der Waals surface area contributed by atoms with Crippen molar-refractivity contribution in [2.24, 2.45) is 5.10 Å². The largest absolute Gasteiger partial charge is 0.337 e. The lowest BCUT2D eigenvalue weighted by molar-refractivity contribution is -0.118. The Kier molecular flexibility index (Phi) is 6.17. The molecule has 0 unspecified atom stereocenters. The molecule has 2 aromatic heterocycles. The van der Waals surface area contributed by atoms with E-state index in [-0.39, 0.29) is 11.7 Å². The highest BCUT2D eigenvalue weighted by Crippen LogP contribution is 2.27. The molecule has 0 aliphatic rings. The van der Waals surface area contributed by atoms with Gasteiger partial charge in [-0.2, -0.15) is 5.10 Å². The van der Waals surface area contributed by atoms with E-state index in [0.29, 0.717) is 22.5 Å². The Morgan fingerprint density at radius 3 is 2.44 bits per heavy atom. The smallest absolute Gasteiger partial charge is 0.250 e. The fourth-order valence-corrected chi connectivity index (χ4v) is 4.18. The molecule has 0 saturated carbocycles. The van der Waals surface area contributed by atoms with Crippen LogP contribution in [0.25, 0.3) is 28.1 Å². The molecule has 5 aromatic rings. The van der Waals surface area contributed by atoms with Crippen molar-refractivity contribution in [3.05, 3.63) is 90.8 Å². The van der Waals surface area contributed by atoms with E-state index < -0.39 is 0 Å². The molecule has 1 amide bonds. The number of H-pyrrole nitrogens is 1. The zero-order chi connectivity index (χ0) is 23.3. The van der Waals surface area contributed by atoms with Gasteiger partial charge in [0, 0.05) is 11.3 Å². The van der Waals surface area contributed by atoms with Gasteiger partial charge >= 0.3 is 0 Å². The topological polar surface area (TPSA) is 101 Å². The van der Waals surface area contributed by atoms with Crippen molar-refractivity contribution in [3.8, 4) is 17.1 Å². The average Bonchev–Trinajstić information content (AvgIpc) is 3.51. The zero-order valence-electron chi connectivity index (χ0n) is 18.3. The molecular weight excluding hydrogens is 446 g/mol.